The van der Waals surface area contributed by atoms with Crippen LogP contribution in [0.4, 0.5) is 20.3 Å². The third-order valence-corrected chi connectivity index (χ3v) is 13.6. The van der Waals surface area contributed by atoms with E-state index in [0.717, 1.165) is 17.0 Å². The number of nitrogens with zero attached hydrogens (tertiary/aromatic N) is 6. The molecule has 3 aliphatic heterocycles. The zero-order valence-corrected chi connectivity index (χ0v) is 41.3. The van der Waals surface area contributed by atoms with E-state index in [-0.39, 0.29) is 109 Å². The molecule has 0 bridgehead atoms. The fourth-order valence-electron chi connectivity index (χ4n) is 10.0. The van der Waals surface area contributed by atoms with E-state index in [1.54, 1.807) is 47.1 Å². The first-order valence-electron chi connectivity index (χ1n) is 24.2. The van der Waals surface area contributed by atoms with E-state index in [2.05, 4.69) is 32.5 Å². The number of carbonyl (C=O) groups is 7. The second-order valence-electron chi connectivity index (χ2n) is 19.1. The summed E-state index contributed by atoms with van der Waals surface area (Å²) >= 11 is 0. The molecule has 2 fully saturated rings. The van der Waals surface area contributed by atoms with Crippen molar-refractivity contribution in [3.63, 3.8) is 0 Å². The number of carbonyl (C=O) groups excluding carboxylic acids is 7. The summed E-state index contributed by atoms with van der Waals surface area (Å²) in [6, 6.07) is 18.0. The molecule has 7 amide bonds. The molecular weight excluding hydrogens is 969 g/mol. The van der Waals surface area contributed by atoms with E-state index in [9.17, 15) is 43.5 Å². The highest BCUT2D eigenvalue weighted by atomic mass is 19.1. The smallest absolute Gasteiger partial charge is 0.355 e. The molecule has 0 aliphatic carbocycles. The van der Waals surface area contributed by atoms with Crippen molar-refractivity contribution in [2.45, 2.75) is 77.9 Å². The summed E-state index contributed by atoms with van der Waals surface area (Å²) in [6.07, 6.45) is 1.07. The highest BCUT2D eigenvalue weighted by molar-refractivity contribution is 6.26. The maximum absolute atomic E-state index is 16.3. The molecule has 4 N–H and O–H groups in total. The number of aromatic nitrogens is 3. The number of rotatable bonds is 13. The lowest BCUT2D eigenvalue weighted by Gasteiger charge is -2.40. The normalized spacial score (nSPS) is 16.6. The number of piperidine rings is 1. The van der Waals surface area contributed by atoms with Gasteiger partial charge >= 0.3 is 5.69 Å². The number of phenolic OH excluding ortho intramolecular Hbond substituents is 1. The van der Waals surface area contributed by atoms with E-state index in [1.807, 2.05) is 26.8 Å². The largest absolute Gasteiger partial charge is 0.507 e. The Hall–Kier alpha value is -8.94. The van der Waals surface area contributed by atoms with Crippen LogP contribution in [-0.4, -0.2) is 103 Å². The van der Waals surface area contributed by atoms with Gasteiger partial charge in [0.05, 0.1) is 46.3 Å². The summed E-state index contributed by atoms with van der Waals surface area (Å²) in [7, 11) is 0. The molecule has 6 aromatic rings. The minimum Gasteiger partial charge on any atom is -0.507 e. The number of aryl methyl sites for hydroxylation is 1. The van der Waals surface area contributed by atoms with Crippen LogP contribution in [0.2, 0.25) is 0 Å². The molecule has 2 saturated heterocycles. The molecule has 9 rings (SSSR count). The summed E-state index contributed by atoms with van der Waals surface area (Å²) in [5.41, 5.74) is 1.86. The van der Waals surface area contributed by atoms with Gasteiger partial charge in [0.15, 0.2) is 11.5 Å². The molecule has 0 saturated carbocycles. The molecule has 1 unspecified atom stereocenters. The van der Waals surface area contributed by atoms with Crippen molar-refractivity contribution in [3.05, 3.63) is 153 Å². The van der Waals surface area contributed by atoms with Crippen LogP contribution < -0.4 is 26.5 Å². The zero-order valence-electron chi connectivity index (χ0n) is 41.3. The molecule has 2 atom stereocenters. The number of amides is 7. The Bertz CT molecular complexity index is 3470. The molecule has 4 aromatic carbocycles. The van der Waals surface area contributed by atoms with Crippen molar-refractivity contribution in [2.75, 3.05) is 29.9 Å². The van der Waals surface area contributed by atoms with E-state index >= 15 is 8.78 Å². The van der Waals surface area contributed by atoms with Crippen molar-refractivity contribution in [2.24, 2.45) is 0 Å². The summed E-state index contributed by atoms with van der Waals surface area (Å²) in [5, 5.41) is 18.7. The maximum atomic E-state index is 16.3. The molecule has 2 aromatic heterocycles. The number of phenols is 1. The lowest BCUT2D eigenvalue weighted by Crippen LogP contribution is -2.54. The second kappa shape index (κ2) is 20.5. The zero-order chi connectivity index (χ0) is 53.6. The lowest BCUT2D eigenvalue weighted by atomic mass is 9.94. The van der Waals surface area contributed by atoms with Crippen LogP contribution in [0.15, 0.2) is 96.3 Å². The van der Waals surface area contributed by atoms with Crippen molar-refractivity contribution >= 4 is 63.9 Å². The third kappa shape index (κ3) is 9.85. The van der Waals surface area contributed by atoms with Gasteiger partial charge in [-0.1, -0.05) is 69.0 Å². The summed E-state index contributed by atoms with van der Waals surface area (Å²) in [5.74, 6) is -6.29. The highest BCUT2D eigenvalue weighted by Gasteiger charge is 2.46. The number of pyridine rings is 1. The summed E-state index contributed by atoms with van der Waals surface area (Å²) in [4.78, 5) is 118. The van der Waals surface area contributed by atoms with Gasteiger partial charge in [0.2, 0.25) is 29.5 Å². The average Bonchev–Trinajstić information content (AvgIpc) is 3.62. The molecule has 75 heavy (non-hydrogen) atoms. The fourth-order valence-corrected chi connectivity index (χ4v) is 10.0. The van der Waals surface area contributed by atoms with Crippen LogP contribution in [0, 0.1) is 18.6 Å². The number of fused-ring (bicyclic) bond motifs is 2. The van der Waals surface area contributed by atoms with Crippen molar-refractivity contribution in [1.82, 2.24) is 35.0 Å². The minimum atomic E-state index is -1.16. The summed E-state index contributed by atoms with van der Waals surface area (Å²) < 4.78 is 32.9. The summed E-state index contributed by atoms with van der Waals surface area (Å²) in [6.45, 7) is 11.9. The van der Waals surface area contributed by atoms with Gasteiger partial charge in [0.1, 0.15) is 29.1 Å². The van der Waals surface area contributed by atoms with E-state index < -0.39 is 69.9 Å². The molecule has 384 valence electrons. The van der Waals surface area contributed by atoms with Gasteiger partial charge in [-0.15, -0.1) is 0 Å². The number of hydrogen-bond donors (Lipinski definition) is 4. The average molecular weight is 1020 g/mol. The predicted octanol–water partition coefficient (Wildman–Crippen LogP) is 5.53. The Morgan fingerprint density at radius 2 is 1.57 bits per heavy atom. The van der Waals surface area contributed by atoms with Crippen molar-refractivity contribution in [3.8, 4) is 22.7 Å². The van der Waals surface area contributed by atoms with E-state index in [0.29, 0.717) is 33.5 Å². The number of hydrogen-bond acceptors (Lipinski definition) is 12. The van der Waals surface area contributed by atoms with Crippen LogP contribution in [0.5, 0.6) is 5.75 Å². The molecule has 0 spiro atoms. The quantitative estimate of drug-likeness (QED) is 0.0827. The van der Waals surface area contributed by atoms with Gasteiger partial charge in [-0.3, -0.25) is 43.8 Å². The van der Waals surface area contributed by atoms with Gasteiger partial charge in [-0.05, 0) is 90.4 Å². The predicted molar refractivity (Wildman–Crippen MR) is 272 cm³/mol. The maximum Gasteiger partial charge on any atom is 0.355 e. The van der Waals surface area contributed by atoms with E-state index in [1.165, 1.54) is 41.0 Å². The molecule has 5 heterocycles. The van der Waals surface area contributed by atoms with Gasteiger partial charge in [0.25, 0.3) is 11.8 Å². The van der Waals surface area contributed by atoms with Gasteiger partial charge < -0.3 is 25.5 Å². The standard InChI is InChI=1S/C55H51F2N9O9/c1-6-45(71)63-19-20-64(30(5)27-63)50-36-25-38(57)48(47-37(56)10-8-12-41(47)67)61-51(36)66(55(75)62-50)49-29(4)21-33(22-35(49)28(2)3)26-58-43(69)23-31-13-15-32(16-14-31)24-44(70)59-39-11-7-9-34-46(39)54(74)65(53(34)73)40-17-18-42(68)60-52(40)72/h6-16,21-22,25,28,30,40,67H,1,17-20,23-24,26-27H2,2-5H3,(H,58,69)(H,59,70)(H,60,68,72)/t30-,40?/m0/s1. The number of benzene rings is 4. The number of piperazine rings is 1. The number of aromatic hydroxyl groups is 1. The highest BCUT2D eigenvalue weighted by Crippen LogP contribution is 2.38. The Labute approximate surface area is 428 Å². The first kappa shape index (κ1) is 51.0. The first-order chi connectivity index (χ1) is 35.8. The molecular formula is C55H51F2N9O9. The van der Waals surface area contributed by atoms with Crippen LogP contribution in [0.25, 0.3) is 28.0 Å². The Kier molecular flexibility index (Phi) is 13.9. The third-order valence-electron chi connectivity index (χ3n) is 13.6. The second-order valence-corrected chi connectivity index (χ2v) is 19.1. The van der Waals surface area contributed by atoms with E-state index in [4.69, 9.17) is 0 Å². The van der Waals surface area contributed by atoms with Crippen LogP contribution in [0.3, 0.4) is 0 Å². The van der Waals surface area contributed by atoms with Crippen LogP contribution >= 0.6 is 0 Å². The Morgan fingerprint density at radius 3 is 2.24 bits per heavy atom. The van der Waals surface area contributed by atoms with Gasteiger partial charge in [0, 0.05) is 38.6 Å². The molecule has 20 heteroatoms. The SMILES string of the molecule is C=CC(=O)N1CCN(c2nc(=O)n(-c3c(C)cc(CNC(=O)Cc4ccc(CC(=O)Nc5cccc6c5C(=O)N(C5CCC(=O)NC5=O)C6=O)cc4)cc3C(C)C)c3nc(-c4c(O)cccc4F)c(F)cc23)[C@@H](C)C1. The number of halogens is 2. The fraction of sp³-hybridized carbons (Fsp3) is 0.273. The minimum absolute atomic E-state index is 0.00367. The number of nitrogens with one attached hydrogen (secondary N) is 3. The Morgan fingerprint density at radius 1 is 0.867 bits per heavy atom. The number of imide groups is 2. The lowest BCUT2D eigenvalue weighted by molar-refractivity contribution is -0.136. The molecule has 18 nitrogen and oxygen atoms in total. The number of anilines is 2. The Balaban J connectivity index is 0.918. The van der Waals surface area contributed by atoms with Crippen molar-refractivity contribution in [1.29, 1.82) is 0 Å². The van der Waals surface area contributed by atoms with Crippen LogP contribution in [0.1, 0.15) is 88.1 Å². The van der Waals surface area contributed by atoms with Crippen molar-refractivity contribution < 1.29 is 47.4 Å². The van der Waals surface area contributed by atoms with Crippen LogP contribution in [-0.2, 0) is 43.4 Å². The molecule has 3 aliphatic rings. The monoisotopic (exact) mass is 1020 g/mol. The van der Waals surface area contributed by atoms with Gasteiger partial charge in [-0.25, -0.2) is 23.1 Å². The van der Waals surface area contributed by atoms with Gasteiger partial charge in [-0.2, -0.15) is 4.98 Å². The molecule has 0 radical (unpaired) electrons. The topological polar surface area (TPSA) is 233 Å². The first-order valence-corrected chi connectivity index (χ1v) is 24.2.